The van der Waals surface area contributed by atoms with Gasteiger partial charge in [-0.15, -0.1) is 0 Å². The fourth-order valence-corrected chi connectivity index (χ4v) is 3.58. The minimum Gasteiger partial charge on any atom is -0.493 e. The van der Waals surface area contributed by atoms with Crippen LogP contribution in [-0.2, 0) is 9.59 Å². The van der Waals surface area contributed by atoms with Gasteiger partial charge in [0, 0.05) is 5.56 Å². The Morgan fingerprint density at radius 3 is 2.58 bits per heavy atom. The zero-order valence-corrected chi connectivity index (χ0v) is 19.1. The number of thiocarbonyl (C=S) groups is 1. The molecule has 0 radical (unpaired) electrons. The van der Waals surface area contributed by atoms with Crippen molar-refractivity contribution in [1.82, 2.24) is 5.32 Å². The SMILES string of the molecule is CC[C@@H](C)Oc1c(/C=C2\C(=O)NC(=S)N(c3ccc(C)cc3C)C2=O)cccc1OC. The number of nitrogens with one attached hydrogen (secondary N) is 1. The summed E-state index contributed by atoms with van der Waals surface area (Å²) in [5.41, 5.74) is 3.13. The summed E-state index contributed by atoms with van der Waals surface area (Å²) in [5.74, 6) is -0.0231. The molecule has 162 valence electrons. The number of aryl methyl sites for hydroxylation is 2. The fraction of sp³-hybridized carbons (Fsp3) is 0.292. The van der Waals surface area contributed by atoms with Crippen LogP contribution in [0.25, 0.3) is 6.08 Å². The van der Waals surface area contributed by atoms with Crippen LogP contribution in [0.3, 0.4) is 0 Å². The van der Waals surface area contributed by atoms with E-state index in [1.807, 2.05) is 45.9 Å². The number of benzene rings is 2. The van der Waals surface area contributed by atoms with Gasteiger partial charge in [-0.2, -0.15) is 0 Å². The molecule has 0 aromatic heterocycles. The van der Waals surface area contributed by atoms with Crippen LogP contribution >= 0.6 is 12.2 Å². The topological polar surface area (TPSA) is 67.9 Å². The summed E-state index contributed by atoms with van der Waals surface area (Å²) in [7, 11) is 1.55. The van der Waals surface area contributed by atoms with Crippen LogP contribution < -0.4 is 19.7 Å². The molecule has 0 aliphatic carbocycles. The molecule has 2 aromatic rings. The third-order valence-corrected chi connectivity index (χ3v) is 5.40. The first kappa shape index (κ1) is 22.5. The Morgan fingerprint density at radius 1 is 1.19 bits per heavy atom. The van der Waals surface area contributed by atoms with Crippen LogP contribution in [0, 0.1) is 13.8 Å². The highest BCUT2D eigenvalue weighted by Gasteiger charge is 2.35. The fourth-order valence-electron chi connectivity index (χ4n) is 3.31. The number of para-hydroxylation sites is 1. The van der Waals surface area contributed by atoms with Gasteiger partial charge in [0.2, 0.25) is 0 Å². The van der Waals surface area contributed by atoms with Crippen LogP contribution in [0.2, 0.25) is 0 Å². The minimum atomic E-state index is -0.548. The summed E-state index contributed by atoms with van der Waals surface area (Å²) < 4.78 is 11.5. The molecule has 1 heterocycles. The van der Waals surface area contributed by atoms with Gasteiger partial charge in [0.25, 0.3) is 11.8 Å². The van der Waals surface area contributed by atoms with E-state index in [9.17, 15) is 9.59 Å². The minimum absolute atomic E-state index is 0.0316. The Balaban J connectivity index is 2.08. The van der Waals surface area contributed by atoms with Crippen molar-refractivity contribution in [2.24, 2.45) is 0 Å². The Hall–Kier alpha value is -3.19. The molecule has 6 nitrogen and oxygen atoms in total. The Kier molecular flexibility index (Phi) is 6.75. The molecule has 0 bridgehead atoms. The van der Waals surface area contributed by atoms with E-state index in [-0.39, 0.29) is 16.8 Å². The number of nitrogens with zero attached hydrogens (tertiary/aromatic N) is 1. The van der Waals surface area contributed by atoms with Gasteiger partial charge in [0.15, 0.2) is 16.6 Å². The summed E-state index contributed by atoms with van der Waals surface area (Å²) in [6.07, 6.45) is 2.25. The molecule has 31 heavy (non-hydrogen) atoms. The number of hydrogen-bond donors (Lipinski definition) is 1. The Morgan fingerprint density at radius 2 is 1.94 bits per heavy atom. The molecular weight excluding hydrogens is 412 g/mol. The number of carbonyl (C=O) groups is 2. The number of methoxy groups -OCH3 is 1. The molecular formula is C24H26N2O4S. The summed E-state index contributed by atoms with van der Waals surface area (Å²) >= 11 is 5.31. The van der Waals surface area contributed by atoms with Crippen molar-refractivity contribution in [2.75, 3.05) is 12.0 Å². The molecule has 1 aliphatic rings. The molecule has 2 aromatic carbocycles. The monoisotopic (exact) mass is 438 g/mol. The van der Waals surface area contributed by atoms with Crippen LogP contribution in [-0.4, -0.2) is 30.1 Å². The van der Waals surface area contributed by atoms with Gasteiger partial charge in [-0.05, 0) is 63.2 Å². The molecule has 1 atom stereocenters. The lowest BCUT2D eigenvalue weighted by molar-refractivity contribution is -0.122. The maximum absolute atomic E-state index is 13.4. The first-order valence-corrected chi connectivity index (χ1v) is 10.5. The van der Waals surface area contributed by atoms with Crippen molar-refractivity contribution in [3.05, 3.63) is 58.7 Å². The summed E-state index contributed by atoms with van der Waals surface area (Å²) in [6, 6.07) is 11.0. The van der Waals surface area contributed by atoms with Gasteiger partial charge in [-0.1, -0.05) is 36.8 Å². The van der Waals surface area contributed by atoms with Crippen molar-refractivity contribution in [1.29, 1.82) is 0 Å². The summed E-state index contributed by atoms with van der Waals surface area (Å²) in [5, 5.41) is 2.68. The number of carbonyl (C=O) groups excluding carboxylic acids is 2. The van der Waals surface area contributed by atoms with Crippen molar-refractivity contribution >= 4 is 40.9 Å². The maximum atomic E-state index is 13.4. The highest BCUT2D eigenvalue weighted by Crippen LogP contribution is 2.35. The second kappa shape index (κ2) is 9.31. The molecule has 1 fully saturated rings. The standard InChI is InChI=1S/C24H26N2O4S/c1-6-16(4)30-21-17(8-7-9-20(21)29-5)13-18-22(27)25-24(31)26(23(18)28)19-11-10-14(2)12-15(19)3/h7-13,16H,6H2,1-5H3,(H,25,27,31)/b18-13+/t16-/m1/s1. The second-order valence-electron chi connectivity index (χ2n) is 7.46. The lowest BCUT2D eigenvalue weighted by atomic mass is 10.0. The summed E-state index contributed by atoms with van der Waals surface area (Å²) in [6.45, 7) is 7.83. The van der Waals surface area contributed by atoms with Crippen LogP contribution in [0.1, 0.15) is 37.0 Å². The van der Waals surface area contributed by atoms with E-state index in [1.165, 1.54) is 11.0 Å². The van der Waals surface area contributed by atoms with Crippen molar-refractivity contribution in [3.63, 3.8) is 0 Å². The predicted molar refractivity (Wildman–Crippen MR) is 125 cm³/mol. The highest BCUT2D eigenvalue weighted by molar-refractivity contribution is 7.80. The molecule has 0 saturated carbocycles. The molecule has 0 unspecified atom stereocenters. The average Bonchev–Trinajstić information content (AvgIpc) is 2.73. The quantitative estimate of drug-likeness (QED) is 0.413. The highest BCUT2D eigenvalue weighted by atomic mass is 32.1. The number of anilines is 1. The number of ether oxygens (including phenoxy) is 2. The second-order valence-corrected chi connectivity index (χ2v) is 7.85. The van der Waals surface area contributed by atoms with E-state index in [2.05, 4.69) is 5.32 Å². The molecule has 0 spiro atoms. The van der Waals surface area contributed by atoms with E-state index < -0.39 is 11.8 Å². The zero-order valence-electron chi connectivity index (χ0n) is 18.3. The lowest BCUT2D eigenvalue weighted by Crippen LogP contribution is -2.54. The zero-order chi connectivity index (χ0) is 22.7. The van der Waals surface area contributed by atoms with Crippen LogP contribution in [0.5, 0.6) is 11.5 Å². The summed E-state index contributed by atoms with van der Waals surface area (Å²) in [4.78, 5) is 27.4. The largest absolute Gasteiger partial charge is 0.493 e. The van der Waals surface area contributed by atoms with Crippen LogP contribution in [0.4, 0.5) is 5.69 Å². The molecule has 3 rings (SSSR count). The number of amides is 2. The smallest absolute Gasteiger partial charge is 0.270 e. The van der Waals surface area contributed by atoms with Gasteiger partial charge >= 0.3 is 0 Å². The third kappa shape index (κ3) is 4.61. The van der Waals surface area contributed by atoms with E-state index >= 15 is 0 Å². The van der Waals surface area contributed by atoms with Crippen molar-refractivity contribution in [2.45, 2.75) is 40.2 Å². The van der Waals surface area contributed by atoms with E-state index in [0.717, 1.165) is 17.5 Å². The molecule has 1 N–H and O–H groups in total. The molecule has 7 heteroatoms. The van der Waals surface area contributed by atoms with Gasteiger partial charge in [0.05, 0.1) is 18.9 Å². The van der Waals surface area contributed by atoms with Gasteiger partial charge < -0.3 is 9.47 Å². The molecule has 1 aliphatic heterocycles. The third-order valence-electron chi connectivity index (χ3n) is 5.12. The normalized spacial score (nSPS) is 16.4. The maximum Gasteiger partial charge on any atom is 0.270 e. The van der Waals surface area contributed by atoms with E-state index in [0.29, 0.717) is 22.7 Å². The number of rotatable bonds is 6. The average molecular weight is 439 g/mol. The number of hydrogen-bond acceptors (Lipinski definition) is 5. The Bertz CT molecular complexity index is 1080. The first-order chi connectivity index (χ1) is 14.8. The van der Waals surface area contributed by atoms with Crippen LogP contribution in [0.15, 0.2) is 42.0 Å². The van der Waals surface area contributed by atoms with E-state index in [4.69, 9.17) is 21.7 Å². The van der Waals surface area contributed by atoms with Gasteiger partial charge in [0.1, 0.15) is 5.57 Å². The predicted octanol–water partition coefficient (Wildman–Crippen LogP) is 4.32. The first-order valence-electron chi connectivity index (χ1n) is 10.1. The van der Waals surface area contributed by atoms with Crippen molar-refractivity contribution in [3.8, 4) is 11.5 Å². The Labute approximate surface area is 187 Å². The molecule has 1 saturated heterocycles. The van der Waals surface area contributed by atoms with Gasteiger partial charge in [-0.3, -0.25) is 19.8 Å². The molecule has 2 amide bonds. The lowest BCUT2D eigenvalue weighted by Gasteiger charge is -2.30. The van der Waals surface area contributed by atoms with Crippen molar-refractivity contribution < 1.29 is 19.1 Å². The van der Waals surface area contributed by atoms with Gasteiger partial charge in [-0.25, -0.2) is 0 Å². The van der Waals surface area contributed by atoms with E-state index in [1.54, 1.807) is 25.3 Å².